The van der Waals surface area contributed by atoms with Crippen LogP contribution in [0.25, 0.3) is 6.08 Å². The van der Waals surface area contributed by atoms with Crippen LogP contribution in [0.2, 0.25) is 0 Å². The topological polar surface area (TPSA) is 89.5 Å². The lowest BCUT2D eigenvalue weighted by Crippen LogP contribution is -2.38. The molecule has 0 bridgehead atoms. The number of benzene rings is 1. The molecule has 1 heterocycles. The Balaban J connectivity index is 1.75. The number of hydrogen-bond donors (Lipinski definition) is 1. The van der Waals surface area contributed by atoms with E-state index in [9.17, 15) is 22.4 Å². The van der Waals surface area contributed by atoms with Gasteiger partial charge in [-0.1, -0.05) is 12.1 Å². The molecule has 1 aliphatic heterocycles. The second-order valence-corrected chi connectivity index (χ2v) is 7.39. The fourth-order valence-electron chi connectivity index (χ4n) is 2.14. The van der Waals surface area contributed by atoms with Crippen LogP contribution in [0.3, 0.4) is 0 Å². The summed E-state index contributed by atoms with van der Waals surface area (Å²) < 4.78 is 40.2. The smallest absolute Gasteiger partial charge is 0.331 e. The molecule has 8 heteroatoms. The van der Waals surface area contributed by atoms with Crippen LogP contribution in [0.4, 0.5) is 4.39 Å². The van der Waals surface area contributed by atoms with Crippen LogP contribution in [0, 0.1) is 5.82 Å². The van der Waals surface area contributed by atoms with Crippen molar-refractivity contribution in [2.45, 2.75) is 12.5 Å². The number of carbonyl (C=O) groups is 2. The molecule has 1 amide bonds. The van der Waals surface area contributed by atoms with Crippen LogP contribution in [0.5, 0.6) is 0 Å². The number of sulfone groups is 1. The predicted octanol–water partition coefficient (Wildman–Crippen LogP) is 0.685. The van der Waals surface area contributed by atoms with Crippen molar-refractivity contribution in [3.05, 3.63) is 41.7 Å². The lowest BCUT2D eigenvalue weighted by atomic mass is 10.2. The Morgan fingerprint density at radius 3 is 2.83 bits per heavy atom. The minimum Gasteiger partial charge on any atom is -0.452 e. The van der Waals surface area contributed by atoms with Gasteiger partial charge in [0, 0.05) is 12.1 Å². The van der Waals surface area contributed by atoms with Crippen LogP contribution < -0.4 is 5.32 Å². The molecule has 0 radical (unpaired) electrons. The molecular formula is C15H16FNO5S. The van der Waals surface area contributed by atoms with Gasteiger partial charge in [0.25, 0.3) is 5.91 Å². The lowest BCUT2D eigenvalue weighted by molar-refractivity contribution is -0.143. The molecule has 1 saturated heterocycles. The Morgan fingerprint density at radius 1 is 1.39 bits per heavy atom. The molecule has 1 atom stereocenters. The van der Waals surface area contributed by atoms with Gasteiger partial charge in [-0.15, -0.1) is 0 Å². The maximum Gasteiger partial charge on any atom is 0.331 e. The molecule has 0 spiro atoms. The standard InChI is InChI=1S/C15H16FNO5S/c16-12-3-1-2-11(8-12)4-5-15(19)22-9-14(18)17-13-6-7-23(20,21)10-13/h1-5,8,13H,6-7,9-10H2,(H,17,18). The Kier molecular flexibility index (Phi) is 5.49. The minimum atomic E-state index is -3.08. The third-order valence-corrected chi connectivity index (χ3v) is 4.97. The van der Waals surface area contributed by atoms with Gasteiger partial charge in [-0.2, -0.15) is 0 Å². The van der Waals surface area contributed by atoms with Crippen LogP contribution >= 0.6 is 0 Å². The molecule has 2 rings (SSSR count). The van der Waals surface area contributed by atoms with Crippen molar-refractivity contribution in [1.29, 1.82) is 0 Å². The average Bonchev–Trinajstić information content (AvgIpc) is 2.82. The van der Waals surface area contributed by atoms with E-state index in [-0.39, 0.29) is 11.5 Å². The van der Waals surface area contributed by atoms with Gasteiger partial charge in [0.2, 0.25) is 0 Å². The van der Waals surface area contributed by atoms with Gasteiger partial charge in [-0.05, 0) is 30.2 Å². The predicted molar refractivity (Wildman–Crippen MR) is 81.6 cm³/mol. The molecule has 0 aromatic heterocycles. The molecule has 6 nitrogen and oxygen atoms in total. The third kappa shape index (κ3) is 5.82. The summed E-state index contributed by atoms with van der Waals surface area (Å²) in [5.41, 5.74) is 0.488. The van der Waals surface area contributed by atoms with E-state index in [1.165, 1.54) is 24.3 Å². The largest absolute Gasteiger partial charge is 0.452 e. The van der Waals surface area contributed by atoms with E-state index in [1.54, 1.807) is 6.07 Å². The number of carbonyl (C=O) groups excluding carboxylic acids is 2. The summed E-state index contributed by atoms with van der Waals surface area (Å²) in [4.78, 5) is 23.0. The highest BCUT2D eigenvalue weighted by atomic mass is 32.2. The van der Waals surface area contributed by atoms with Gasteiger partial charge >= 0.3 is 5.97 Å². The summed E-state index contributed by atoms with van der Waals surface area (Å²) in [5, 5.41) is 2.50. The van der Waals surface area contributed by atoms with Crippen molar-refractivity contribution in [3.63, 3.8) is 0 Å². The normalized spacial score (nSPS) is 19.6. The minimum absolute atomic E-state index is 0.0497. The average molecular weight is 341 g/mol. The molecule has 1 N–H and O–H groups in total. The van der Waals surface area contributed by atoms with Gasteiger partial charge in [0.05, 0.1) is 11.5 Å². The zero-order chi connectivity index (χ0) is 16.9. The number of rotatable bonds is 5. The monoisotopic (exact) mass is 341 g/mol. The summed E-state index contributed by atoms with van der Waals surface area (Å²) in [5.74, 6) is -1.77. The van der Waals surface area contributed by atoms with E-state index in [0.717, 1.165) is 6.08 Å². The van der Waals surface area contributed by atoms with Crippen molar-refractivity contribution in [1.82, 2.24) is 5.32 Å². The summed E-state index contributed by atoms with van der Waals surface area (Å²) in [6.45, 7) is -0.497. The van der Waals surface area contributed by atoms with Gasteiger partial charge in [0.15, 0.2) is 16.4 Å². The van der Waals surface area contributed by atoms with Gasteiger partial charge in [-0.25, -0.2) is 17.6 Å². The number of nitrogens with one attached hydrogen (secondary N) is 1. The summed E-state index contributed by atoms with van der Waals surface area (Å²) >= 11 is 0. The molecule has 1 aromatic rings. The zero-order valence-corrected chi connectivity index (χ0v) is 13.0. The van der Waals surface area contributed by atoms with Crippen LogP contribution in [-0.4, -0.2) is 44.4 Å². The molecule has 1 aliphatic rings. The van der Waals surface area contributed by atoms with Crippen molar-refractivity contribution in [3.8, 4) is 0 Å². The molecule has 0 saturated carbocycles. The van der Waals surface area contributed by atoms with Crippen molar-refractivity contribution >= 4 is 27.8 Å². The van der Waals surface area contributed by atoms with E-state index >= 15 is 0 Å². The Hall–Kier alpha value is -2.22. The van der Waals surface area contributed by atoms with Crippen LogP contribution in [0.15, 0.2) is 30.3 Å². The number of halogens is 1. The summed E-state index contributed by atoms with van der Waals surface area (Å²) in [6, 6.07) is 5.21. The van der Waals surface area contributed by atoms with Gasteiger partial charge < -0.3 is 10.1 Å². The molecule has 1 aromatic carbocycles. The number of amides is 1. The molecular weight excluding hydrogens is 325 g/mol. The highest BCUT2D eigenvalue weighted by Gasteiger charge is 2.28. The number of hydrogen-bond acceptors (Lipinski definition) is 5. The van der Waals surface area contributed by atoms with Crippen LogP contribution in [0.1, 0.15) is 12.0 Å². The maximum atomic E-state index is 12.9. The Morgan fingerprint density at radius 2 is 2.17 bits per heavy atom. The second kappa shape index (κ2) is 7.36. The fourth-order valence-corrected chi connectivity index (χ4v) is 3.81. The molecule has 124 valence electrons. The number of esters is 1. The first kappa shape index (κ1) is 17.1. The second-order valence-electron chi connectivity index (χ2n) is 5.16. The zero-order valence-electron chi connectivity index (χ0n) is 12.2. The molecule has 0 aliphatic carbocycles. The van der Waals surface area contributed by atoms with E-state index in [0.29, 0.717) is 12.0 Å². The van der Waals surface area contributed by atoms with E-state index in [2.05, 4.69) is 5.32 Å². The fraction of sp³-hybridized carbons (Fsp3) is 0.333. The molecule has 1 unspecified atom stereocenters. The molecule has 23 heavy (non-hydrogen) atoms. The lowest BCUT2D eigenvalue weighted by Gasteiger charge is -2.10. The van der Waals surface area contributed by atoms with Gasteiger partial charge in [-0.3, -0.25) is 4.79 Å². The van der Waals surface area contributed by atoms with Crippen molar-refractivity contribution in [2.24, 2.45) is 0 Å². The Bertz CT molecular complexity index is 729. The van der Waals surface area contributed by atoms with E-state index in [1.807, 2.05) is 0 Å². The van der Waals surface area contributed by atoms with Gasteiger partial charge in [0.1, 0.15) is 5.82 Å². The first-order chi connectivity index (χ1) is 10.8. The quantitative estimate of drug-likeness (QED) is 0.628. The Labute approximate surface area is 133 Å². The third-order valence-electron chi connectivity index (χ3n) is 3.20. The first-order valence-corrected chi connectivity index (χ1v) is 8.76. The maximum absolute atomic E-state index is 12.9. The molecule has 1 fully saturated rings. The van der Waals surface area contributed by atoms with Crippen molar-refractivity contribution < 1.29 is 27.1 Å². The highest BCUT2D eigenvalue weighted by molar-refractivity contribution is 7.91. The van der Waals surface area contributed by atoms with Crippen LogP contribution in [-0.2, 0) is 24.2 Å². The first-order valence-electron chi connectivity index (χ1n) is 6.94. The number of ether oxygens (including phenoxy) is 1. The van der Waals surface area contributed by atoms with Crippen molar-refractivity contribution in [2.75, 3.05) is 18.1 Å². The van der Waals surface area contributed by atoms with E-state index in [4.69, 9.17) is 4.74 Å². The van der Waals surface area contributed by atoms with E-state index < -0.39 is 40.2 Å². The SMILES string of the molecule is O=C(COC(=O)C=Cc1cccc(F)c1)NC1CCS(=O)(=O)C1. The highest BCUT2D eigenvalue weighted by Crippen LogP contribution is 2.11. The summed E-state index contributed by atoms with van der Waals surface area (Å²) in [6.07, 6.45) is 2.82. The summed E-state index contributed by atoms with van der Waals surface area (Å²) in [7, 11) is -3.08.